The minimum absolute atomic E-state index is 0.242. The zero-order valence-electron chi connectivity index (χ0n) is 16.3. The number of benzene rings is 2. The molecule has 1 aromatic heterocycles. The maximum Gasteiger partial charge on any atom is 0.125 e. The number of aryl methyl sites for hydroxylation is 1. The first-order chi connectivity index (χ1) is 14.0. The number of hydrogen-bond acceptors (Lipinski definition) is 4. The fraction of sp³-hybridized carbons (Fsp3) is 0.304. The Morgan fingerprint density at radius 2 is 2.00 bits per heavy atom. The molecule has 0 spiro atoms. The summed E-state index contributed by atoms with van der Waals surface area (Å²) < 4.78 is 13.4. The van der Waals surface area contributed by atoms with Crippen molar-refractivity contribution in [3.05, 3.63) is 76.6 Å². The van der Waals surface area contributed by atoms with Crippen molar-refractivity contribution in [2.75, 3.05) is 13.1 Å². The van der Waals surface area contributed by atoms with Crippen LogP contribution in [0.2, 0.25) is 5.02 Å². The lowest BCUT2D eigenvalue weighted by molar-refractivity contribution is 0.196. The Labute approximate surface area is 175 Å². The van der Waals surface area contributed by atoms with E-state index in [-0.39, 0.29) is 17.5 Å². The second-order valence-electron chi connectivity index (χ2n) is 7.57. The zero-order chi connectivity index (χ0) is 20.4. The van der Waals surface area contributed by atoms with Gasteiger partial charge in [0.2, 0.25) is 0 Å². The van der Waals surface area contributed by atoms with Gasteiger partial charge in [-0.05, 0) is 62.2 Å². The number of piperidine rings is 1. The highest BCUT2D eigenvalue weighted by Crippen LogP contribution is 2.34. The largest absolute Gasteiger partial charge is 0.508 e. The summed E-state index contributed by atoms with van der Waals surface area (Å²) in [5, 5.41) is 10.8. The van der Waals surface area contributed by atoms with Crippen molar-refractivity contribution < 1.29 is 9.50 Å². The first-order valence-corrected chi connectivity index (χ1v) is 10.2. The summed E-state index contributed by atoms with van der Waals surface area (Å²) >= 11 is 6.10. The molecule has 2 aromatic carbocycles. The maximum atomic E-state index is 13.4. The second-order valence-corrected chi connectivity index (χ2v) is 8.01. The minimum atomic E-state index is -0.256. The van der Waals surface area contributed by atoms with Crippen LogP contribution in [0.3, 0.4) is 0 Å². The third kappa shape index (κ3) is 4.57. The average molecular weight is 412 g/mol. The molecule has 0 amide bonds. The van der Waals surface area contributed by atoms with Crippen molar-refractivity contribution in [3.63, 3.8) is 0 Å². The molecule has 4 nitrogen and oxygen atoms in total. The van der Waals surface area contributed by atoms with Crippen molar-refractivity contribution in [2.24, 2.45) is 0 Å². The Kier molecular flexibility index (Phi) is 5.79. The van der Waals surface area contributed by atoms with Crippen LogP contribution in [0.5, 0.6) is 5.75 Å². The summed E-state index contributed by atoms with van der Waals surface area (Å²) in [5.41, 5.74) is 3.71. The Morgan fingerprint density at radius 1 is 1.21 bits per heavy atom. The molecule has 0 saturated carbocycles. The average Bonchev–Trinajstić information content (AvgIpc) is 2.72. The molecule has 0 aliphatic carbocycles. The van der Waals surface area contributed by atoms with E-state index in [2.05, 4.69) is 9.88 Å². The second kappa shape index (κ2) is 8.47. The fourth-order valence-corrected chi connectivity index (χ4v) is 4.19. The highest BCUT2D eigenvalue weighted by Gasteiger charge is 2.26. The molecule has 1 aliphatic heterocycles. The van der Waals surface area contributed by atoms with Crippen LogP contribution in [0.1, 0.15) is 35.8 Å². The zero-order valence-corrected chi connectivity index (χ0v) is 17.0. The Balaban J connectivity index is 1.60. The van der Waals surface area contributed by atoms with Gasteiger partial charge in [0, 0.05) is 41.4 Å². The molecule has 0 radical (unpaired) electrons. The number of phenols is 1. The van der Waals surface area contributed by atoms with Crippen LogP contribution in [0.4, 0.5) is 4.39 Å². The van der Waals surface area contributed by atoms with E-state index >= 15 is 0 Å². The van der Waals surface area contributed by atoms with Gasteiger partial charge in [-0.25, -0.2) is 14.4 Å². The van der Waals surface area contributed by atoms with Gasteiger partial charge in [0.1, 0.15) is 17.4 Å². The van der Waals surface area contributed by atoms with E-state index in [4.69, 9.17) is 16.6 Å². The van der Waals surface area contributed by atoms with E-state index in [1.165, 1.54) is 12.1 Å². The van der Waals surface area contributed by atoms with Gasteiger partial charge in [0.15, 0.2) is 0 Å². The standard InChI is InChI=1S/C23H23ClFN3O/c1-15-26-12-21(16-4-7-20(25)8-5-16)23(27-15)17-3-2-10-28(13-17)14-18-11-19(24)6-9-22(18)29/h4-9,11-12,17,29H,2-3,10,13-14H2,1H3/t17-/m1/s1. The predicted molar refractivity (Wildman–Crippen MR) is 113 cm³/mol. The lowest BCUT2D eigenvalue weighted by Gasteiger charge is -2.33. The molecule has 1 atom stereocenters. The summed E-state index contributed by atoms with van der Waals surface area (Å²) in [6.45, 7) is 4.32. The molecule has 0 unspecified atom stereocenters. The third-order valence-electron chi connectivity index (χ3n) is 5.42. The molecule has 2 heterocycles. The first-order valence-electron chi connectivity index (χ1n) is 9.79. The van der Waals surface area contributed by atoms with Gasteiger partial charge < -0.3 is 5.11 Å². The summed E-state index contributed by atoms with van der Waals surface area (Å²) in [6.07, 6.45) is 3.91. The lowest BCUT2D eigenvalue weighted by atomic mass is 9.89. The van der Waals surface area contributed by atoms with Gasteiger partial charge in [-0.2, -0.15) is 0 Å². The van der Waals surface area contributed by atoms with E-state index < -0.39 is 0 Å². The van der Waals surface area contributed by atoms with Crippen molar-refractivity contribution in [1.82, 2.24) is 14.9 Å². The van der Waals surface area contributed by atoms with E-state index in [0.717, 1.165) is 54.1 Å². The molecule has 4 rings (SSSR count). The number of phenolic OH excluding ortho intramolecular Hbond substituents is 1. The topological polar surface area (TPSA) is 49.2 Å². The molecule has 150 valence electrons. The van der Waals surface area contributed by atoms with Crippen LogP contribution in [-0.4, -0.2) is 33.1 Å². The third-order valence-corrected chi connectivity index (χ3v) is 5.66. The van der Waals surface area contributed by atoms with Gasteiger partial charge in [0.05, 0.1) is 5.69 Å². The summed E-state index contributed by atoms with van der Waals surface area (Å²) in [7, 11) is 0. The fourth-order valence-electron chi connectivity index (χ4n) is 3.99. The number of nitrogens with zero attached hydrogens (tertiary/aromatic N) is 3. The minimum Gasteiger partial charge on any atom is -0.508 e. The number of aromatic nitrogens is 2. The highest BCUT2D eigenvalue weighted by molar-refractivity contribution is 6.30. The SMILES string of the molecule is Cc1ncc(-c2ccc(F)cc2)c([C@@H]2CCCN(Cc3cc(Cl)ccc3O)C2)n1. The van der Waals surface area contributed by atoms with Crippen molar-refractivity contribution in [2.45, 2.75) is 32.2 Å². The van der Waals surface area contributed by atoms with Gasteiger partial charge in [0.25, 0.3) is 0 Å². The highest BCUT2D eigenvalue weighted by atomic mass is 35.5. The van der Waals surface area contributed by atoms with Gasteiger partial charge in [-0.3, -0.25) is 4.90 Å². The molecular weight excluding hydrogens is 389 g/mol. The van der Waals surface area contributed by atoms with Crippen molar-refractivity contribution in [3.8, 4) is 16.9 Å². The normalized spacial score (nSPS) is 17.4. The van der Waals surface area contributed by atoms with Crippen molar-refractivity contribution >= 4 is 11.6 Å². The molecule has 1 fully saturated rings. The number of hydrogen-bond donors (Lipinski definition) is 1. The molecule has 29 heavy (non-hydrogen) atoms. The summed E-state index contributed by atoms with van der Waals surface area (Å²) in [6, 6.07) is 11.6. The lowest BCUT2D eigenvalue weighted by Crippen LogP contribution is -2.34. The van der Waals surface area contributed by atoms with Gasteiger partial charge in [-0.15, -0.1) is 0 Å². The van der Waals surface area contributed by atoms with Crippen LogP contribution >= 0.6 is 11.6 Å². The van der Waals surface area contributed by atoms with Crippen LogP contribution in [0.25, 0.3) is 11.1 Å². The Bertz CT molecular complexity index is 1010. The maximum absolute atomic E-state index is 13.4. The number of rotatable bonds is 4. The molecule has 3 aromatic rings. The van der Waals surface area contributed by atoms with Crippen molar-refractivity contribution in [1.29, 1.82) is 0 Å². The van der Waals surface area contributed by atoms with Crippen LogP contribution in [0.15, 0.2) is 48.7 Å². The molecule has 0 bridgehead atoms. The molecule has 6 heteroatoms. The van der Waals surface area contributed by atoms with E-state index in [0.29, 0.717) is 11.6 Å². The smallest absolute Gasteiger partial charge is 0.125 e. The van der Waals surface area contributed by atoms with E-state index in [9.17, 15) is 9.50 Å². The Morgan fingerprint density at radius 3 is 2.79 bits per heavy atom. The first kappa shape index (κ1) is 19.8. The molecule has 1 aliphatic rings. The van der Waals surface area contributed by atoms with Crippen LogP contribution in [-0.2, 0) is 6.54 Å². The molecule has 1 saturated heterocycles. The van der Waals surface area contributed by atoms with E-state index in [1.54, 1.807) is 24.3 Å². The number of aromatic hydroxyl groups is 1. The molecule has 1 N–H and O–H groups in total. The van der Waals surface area contributed by atoms with Gasteiger partial charge in [-0.1, -0.05) is 23.7 Å². The monoisotopic (exact) mass is 411 g/mol. The van der Waals surface area contributed by atoms with E-state index in [1.807, 2.05) is 19.2 Å². The van der Waals surface area contributed by atoms with Crippen LogP contribution < -0.4 is 0 Å². The summed E-state index contributed by atoms with van der Waals surface area (Å²) in [4.78, 5) is 11.5. The molecular formula is C23H23ClFN3O. The van der Waals surface area contributed by atoms with Gasteiger partial charge >= 0.3 is 0 Å². The van der Waals surface area contributed by atoms with Crippen LogP contribution in [0, 0.1) is 12.7 Å². The number of halogens is 2. The Hall–Kier alpha value is -2.50. The number of likely N-dealkylation sites (tertiary alicyclic amines) is 1. The summed E-state index contributed by atoms with van der Waals surface area (Å²) in [5.74, 6) is 0.984. The predicted octanol–water partition coefficient (Wildman–Crippen LogP) is 5.33. The quantitative estimate of drug-likeness (QED) is 0.630.